The third-order valence-corrected chi connectivity index (χ3v) is 5.41. The van der Waals surface area contributed by atoms with Crippen LogP contribution < -0.4 is 5.32 Å². The third-order valence-electron chi connectivity index (χ3n) is 5.15. The third kappa shape index (κ3) is 5.10. The average Bonchev–Trinajstić information content (AvgIpc) is 2.69. The molecule has 27 heavy (non-hydrogen) atoms. The molecule has 2 aromatic rings. The Hall–Kier alpha value is -2.33. The van der Waals surface area contributed by atoms with E-state index in [0.717, 1.165) is 28.1 Å². The molecule has 1 saturated heterocycles. The monoisotopic (exact) mass is 384 g/mol. The summed E-state index contributed by atoms with van der Waals surface area (Å²) in [5, 5.41) is 3.74. The van der Waals surface area contributed by atoms with Crippen LogP contribution >= 0.6 is 11.6 Å². The number of rotatable bonds is 5. The number of benzene rings is 2. The fourth-order valence-electron chi connectivity index (χ4n) is 3.45. The molecule has 0 unspecified atom stereocenters. The van der Waals surface area contributed by atoms with Gasteiger partial charge in [0, 0.05) is 36.1 Å². The number of carbonyl (C=O) groups is 2. The molecule has 142 valence electrons. The van der Waals surface area contributed by atoms with Gasteiger partial charge in [0.15, 0.2) is 0 Å². The topological polar surface area (TPSA) is 49.4 Å². The second kappa shape index (κ2) is 9.05. The predicted molar refractivity (Wildman–Crippen MR) is 108 cm³/mol. The molecule has 1 N–H and O–H groups in total. The minimum absolute atomic E-state index is 0.0175. The Labute approximate surface area is 165 Å². The molecule has 1 aliphatic heterocycles. The lowest BCUT2D eigenvalue weighted by Crippen LogP contribution is -2.43. The largest absolute Gasteiger partial charge is 0.356 e. The predicted octanol–water partition coefficient (Wildman–Crippen LogP) is 3.86. The van der Waals surface area contributed by atoms with Gasteiger partial charge in [-0.15, -0.1) is 0 Å². The summed E-state index contributed by atoms with van der Waals surface area (Å²) < 4.78 is 0. The van der Waals surface area contributed by atoms with Gasteiger partial charge in [-0.1, -0.05) is 41.9 Å². The van der Waals surface area contributed by atoms with E-state index in [1.165, 1.54) is 0 Å². The van der Waals surface area contributed by atoms with Crippen LogP contribution in [0, 0.1) is 12.8 Å². The van der Waals surface area contributed by atoms with Gasteiger partial charge in [-0.25, -0.2) is 0 Å². The maximum atomic E-state index is 12.7. The van der Waals surface area contributed by atoms with Gasteiger partial charge in [-0.2, -0.15) is 0 Å². The first-order valence-electron chi connectivity index (χ1n) is 9.41. The van der Waals surface area contributed by atoms with Gasteiger partial charge in [0.05, 0.1) is 0 Å². The summed E-state index contributed by atoms with van der Waals surface area (Å²) in [4.78, 5) is 26.9. The quantitative estimate of drug-likeness (QED) is 0.850. The summed E-state index contributed by atoms with van der Waals surface area (Å²) in [6, 6.07) is 15.3. The van der Waals surface area contributed by atoms with Crippen LogP contribution in [0.3, 0.4) is 0 Å². The molecule has 0 aromatic heterocycles. The van der Waals surface area contributed by atoms with E-state index in [4.69, 9.17) is 11.6 Å². The van der Waals surface area contributed by atoms with Gasteiger partial charge in [0.2, 0.25) is 5.91 Å². The van der Waals surface area contributed by atoms with Gasteiger partial charge in [-0.05, 0) is 55.5 Å². The zero-order valence-corrected chi connectivity index (χ0v) is 16.3. The van der Waals surface area contributed by atoms with Crippen LogP contribution in [0.25, 0.3) is 0 Å². The average molecular weight is 385 g/mol. The highest BCUT2D eigenvalue weighted by Gasteiger charge is 2.28. The fraction of sp³-hybridized carbons (Fsp3) is 0.364. The molecule has 3 rings (SSSR count). The Bertz CT molecular complexity index is 796. The first-order chi connectivity index (χ1) is 13.0. The molecule has 1 heterocycles. The summed E-state index contributed by atoms with van der Waals surface area (Å²) in [6.45, 7) is 3.82. The molecule has 5 heteroatoms. The first kappa shape index (κ1) is 19.4. The number of halogens is 1. The molecule has 0 spiro atoms. The number of aryl methyl sites for hydroxylation is 1. The number of nitrogens with one attached hydrogen (secondary N) is 1. The minimum Gasteiger partial charge on any atom is -0.356 e. The number of nitrogens with zero attached hydrogens (tertiary/aromatic N) is 1. The van der Waals surface area contributed by atoms with E-state index in [1.54, 1.807) is 0 Å². The number of piperidine rings is 1. The van der Waals surface area contributed by atoms with Crippen molar-refractivity contribution < 1.29 is 9.59 Å². The van der Waals surface area contributed by atoms with E-state index in [-0.39, 0.29) is 17.7 Å². The Kier molecular flexibility index (Phi) is 6.51. The lowest BCUT2D eigenvalue weighted by atomic mass is 9.95. The number of amides is 2. The van der Waals surface area contributed by atoms with Gasteiger partial charge >= 0.3 is 0 Å². The van der Waals surface area contributed by atoms with E-state index in [1.807, 2.05) is 60.4 Å². The van der Waals surface area contributed by atoms with Gasteiger partial charge in [-0.3, -0.25) is 9.59 Å². The Morgan fingerprint density at radius 2 is 1.74 bits per heavy atom. The van der Waals surface area contributed by atoms with Crippen LogP contribution in [0.2, 0.25) is 5.02 Å². The van der Waals surface area contributed by atoms with Crippen LogP contribution in [0.1, 0.15) is 34.3 Å². The first-order valence-corrected chi connectivity index (χ1v) is 9.79. The van der Waals surface area contributed by atoms with E-state index in [2.05, 4.69) is 5.32 Å². The van der Waals surface area contributed by atoms with Gasteiger partial charge in [0.1, 0.15) is 0 Å². The summed E-state index contributed by atoms with van der Waals surface area (Å²) in [5.74, 6) is 0.137. The molecule has 0 aliphatic carbocycles. The van der Waals surface area contributed by atoms with Crippen molar-refractivity contribution >= 4 is 23.4 Å². The SMILES string of the molecule is Cc1ccccc1C(=O)N1CCC(C(=O)NCCc2ccc(Cl)cc2)CC1. The molecule has 1 aliphatic rings. The minimum atomic E-state index is -0.0175. The molecular formula is C22H25ClN2O2. The molecule has 0 bridgehead atoms. The summed E-state index contributed by atoms with van der Waals surface area (Å²) >= 11 is 5.88. The maximum absolute atomic E-state index is 12.7. The molecule has 4 nitrogen and oxygen atoms in total. The van der Waals surface area contributed by atoms with Crippen molar-refractivity contribution in [2.45, 2.75) is 26.2 Å². The molecule has 0 atom stereocenters. The lowest BCUT2D eigenvalue weighted by molar-refractivity contribution is -0.126. The lowest BCUT2D eigenvalue weighted by Gasteiger charge is -2.31. The normalized spacial score (nSPS) is 14.8. The molecule has 0 radical (unpaired) electrons. The molecule has 1 fully saturated rings. The maximum Gasteiger partial charge on any atom is 0.254 e. The van der Waals surface area contributed by atoms with Crippen LogP contribution in [-0.4, -0.2) is 36.3 Å². The Balaban J connectivity index is 1.44. The smallest absolute Gasteiger partial charge is 0.254 e. The van der Waals surface area contributed by atoms with Crippen molar-refractivity contribution in [3.05, 3.63) is 70.2 Å². The number of hydrogen-bond donors (Lipinski definition) is 1. The highest BCUT2D eigenvalue weighted by atomic mass is 35.5. The zero-order valence-electron chi connectivity index (χ0n) is 15.6. The van der Waals surface area contributed by atoms with E-state index in [9.17, 15) is 9.59 Å². The Morgan fingerprint density at radius 3 is 2.41 bits per heavy atom. The van der Waals surface area contributed by atoms with Crippen LogP contribution in [0.4, 0.5) is 0 Å². The number of hydrogen-bond acceptors (Lipinski definition) is 2. The van der Waals surface area contributed by atoms with Gasteiger partial charge in [0.25, 0.3) is 5.91 Å². The highest BCUT2D eigenvalue weighted by molar-refractivity contribution is 6.30. The van der Waals surface area contributed by atoms with Gasteiger partial charge < -0.3 is 10.2 Å². The number of carbonyl (C=O) groups excluding carboxylic acids is 2. The molecule has 2 amide bonds. The molecular weight excluding hydrogens is 360 g/mol. The second-order valence-electron chi connectivity index (χ2n) is 7.05. The van der Waals surface area contributed by atoms with Crippen molar-refractivity contribution in [1.82, 2.24) is 10.2 Å². The fourth-order valence-corrected chi connectivity index (χ4v) is 3.58. The van der Waals surface area contributed by atoms with Crippen molar-refractivity contribution in [2.24, 2.45) is 5.92 Å². The Morgan fingerprint density at radius 1 is 1.07 bits per heavy atom. The van der Waals surface area contributed by atoms with Crippen molar-refractivity contribution in [3.63, 3.8) is 0 Å². The van der Waals surface area contributed by atoms with E-state index in [0.29, 0.717) is 32.5 Å². The highest BCUT2D eigenvalue weighted by Crippen LogP contribution is 2.20. The standard InChI is InChI=1S/C22H25ClN2O2/c1-16-4-2-3-5-20(16)22(27)25-14-11-18(12-15-25)21(26)24-13-10-17-6-8-19(23)9-7-17/h2-9,18H,10-15H2,1H3,(H,24,26). The van der Waals surface area contributed by atoms with Crippen LogP contribution in [-0.2, 0) is 11.2 Å². The molecule has 0 saturated carbocycles. The molecule has 2 aromatic carbocycles. The van der Waals surface area contributed by atoms with Crippen molar-refractivity contribution in [2.75, 3.05) is 19.6 Å². The summed E-state index contributed by atoms with van der Waals surface area (Å²) in [5.41, 5.74) is 2.89. The van der Waals surface area contributed by atoms with Crippen LogP contribution in [0.5, 0.6) is 0 Å². The van der Waals surface area contributed by atoms with E-state index >= 15 is 0 Å². The zero-order chi connectivity index (χ0) is 19.2. The summed E-state index contributed by atoms with van der Waals surface area (Å²) in [7, 11) is 0. The van der Waals surface area contributed by atoms with Crippen LogP contribution in [0.15, 0.2) is 48.5 Å². The van der Waals surface area contributed by atoms with Crippen molar-refractivity contribution in [1.29, 1.82) is 0 Å². The number of likely N-dealkylation sites (tertiary alicyclic amines) is 1. The summed E-state index contributed by atoms with van der Waals surface area (Å²) in [6.07, 6.45) is 2.21. The second-order valence-corrected chi connectivity index (χ2v) is 7.49. The van der Waals surface area contributed by atoms with Crippen molar-refractivity contribution in [3.8, 4) is 0 Å². The van der Waals surface area contributed by atoms with E-state index < -0.39 is 0 Å².